The summed E-state index contributed by atoms with van der Waals surface area (Å²) >= 11 is 5.99. The summed E-state index contributed by atoms with van der Waals surface area (Å²) in [6.45, 7) is 2.92. The van der Waals surface area contributed by atoms with E-state index in [1.165, 1.54) is 12.1 Å². The van der Waals surface area contributed by atoms with E-state index in [4.69, 9.17) is 11.6 Å². The molecule has 3 nitrogen and oxygen atoms in total. The molecular formula is C12H14ClN3. The summed E-state index contributed by atoms with van der Waals surface area (Å²) in [6, 6.07) is 6.60. The van der Waals surface area contributed by atoms with Gasteiger partial charge in [0, 0.05) is 35.1 Å². The van der Waals surface area contributed by atoms with Gasteiger partial charge in [0.05, 0.1) is 0 Å². The molecule has 1 aromatic carbocycles. The molecule has 0 unspecified atom stereocenters. The summed E-state index contributed by atoms with van der Waals surface area (Å²) in [5.74, 6) is 0. The lowest BCUT2D eigenvalue weighted by Crippen LogP contribution is -2.39. The smallest absolute Gasteiger partial charge is 0.110 e. The molecule has 0 bridgehead atoms. The van der Waals surface area contributed by atoms with Crippen LogP contribution in [0.25, 0.3) is 0 Å². The van der Waals surface area contributed by atoms with E-state index in [2.05, 4.69) is 21.3 Å². The van der Waals surface area contributed by atoms with E-state index >= 15 is 0 Å². The number of halogens is 1. The van der Waals surface area contributed by atoms with Crippen molar-refractivity contribution in [1.82, 2.24) is 5.32 Å². The minimum absolute atomic E-state index is 0.567. The molecule has 84 valence electrons. The van der Waals surface area contributed by atoms with Crippen LogP contribution in [0.15, 0.2) is 23.2 Å². The SMILES string of the molecule is Clc1ccc2c(c1)C=NCN2[C@H]1CCNC1. The minimum atomic E-state index is 0.567. The highest BCUT2D eigenvalue weighted by atomic mass is 35.5. The van der Waals surface area contributed by atoms with Crippen molar-refractivity contribution in [3.8, 4) is 0 Å². The van der Waals surface area contributed by atoms with Crippen LogP contribution in [0.2, 0.25) is 5.02 Å². The normalized spacial score (nSPS) is 23.6. The minimum Gasteiger partial charge on any atom is -0.347 e. The molecule has 2 heterocycles. The van der Waals surface area contributed by atoms with Crippen molar-refractivity contribution in [3.63, 3.8) is 0 Å². The van der Waals surface area contributed by atoms with Gasteiger partial charge >= 0.3 is 0 Å². The number of aliphatic imine (C=N–C) groups is 1. The van der Waals surface area contributed by atoms with Crippen molar-refractivity contribution in [1.29, 1.82) is 0 Å². The predicted octanol–water partition coefficient (Wildman–Crippen LogP) is 1.90. The number of rotatable bonds is 1. The number of anilines is 1. The molecule has 1 saturated heterocycles. The van der Waals surface area contributed by atoms with Gasteiger partial charge in [0.15, 0.2) is 0 Å². The standard InChI is InChI=1S/C12H14ClN3/c13-10-1-2-12-9(5-10)6-15-8-16(12)11-3-4-14-7-11/h1-2,5-6,11,14H,3-4,7-8H2/t11-/m0/s1. The lowest BCUT2D eigenvalue weighted by molar-refractivity contribution is 0.638. The summed E-state index contributed by atoms with van der Waals surface area (Å²) in [4.78, 5) is 6.77. The summed E-state index contributed by atoms with van der Waals surface area (Å²) < 4.78 is 0. The van der Waals surface area contributed by atoms with Gasteiger partial charge in [-0.05, 0) is 31.2 Å². The van der Waals surface area contributed by atoms with E-state index in [9.17, 15) is 0 Å². The average molecular weight is 236 g/mol. The van der Waals surface area contributed by atoms with Crippen LogP contribution in [0.4, 0.5) is 5.69 Å². The molecule has 2 aliphatic heterocycles. The van der Waals surface area contributed by atoms with Crippen molar-refractivity contribution in [2.45, 2.75) is 12.5 Å². The molecule has 4 heteroatoms. The largest absolute Gasteiger partial charge is 0.347 e. The molecule has 0 aliphatic carbocycles. The molecule has 1 N–H and O–H groups in total. The third-order valence-corrected chi connectivity index (χ3v) is 3.47. The van der Waals surface area contributed by atoms with Crippen molar-refractivity contribution in [2.24, 2.45) is 4.99 Å². The quantitative estimate of drug-likeness (QED) is 0.805. The fraction of sp³-hybridized carbons (Fsp3) is 0.417. The Balaban J connectivity index is 1.96. The number of nitrogens with zero attached hydrogens (tertiary/aromatic N) is 2. The molecule has 1 atom stereocenters. The van der Waals surface area contributed by atoms with Gasteiger partial charge in [-0.1, -0.05) is 11.6 Å². The van der Waals surface area contributed by atoms with E-state index in [-0.39, 0.29) is 0 Å². The van der Waals surface area contributed by atoms with Crippen LogP contribution in [0.5, 0.6) is 0 Å². The van der Waals surface area contributed by atoms with Gasteiger partial charge in [0.1, 0.15) is 6.67 Å². The van der Waals surface area contributed by atoms with Gasteiger partial charge in [0.25, 0.3) is 0 Å². The number of nitrogens with one attached hydrogen (secondary N) is 1. The van der Waals surface area contributed by atoms with Crippen molar-refractivity contribution >= 4 is 23.5 Å². The second kappa shape index (κ2) is 4.07. The van der Waals surface area contributed by atoms with Gasteiger partial charge in [-0.15, -0.1) is 0 Å². The van der Waals surface area contributed by atoms with Crippen molar-refractivity contribution < 1.29 is 0 Å². The van der Waals surface area contributed by atoms with E-state index in [0.717, 1.165) is 30.3 Å². The topological polar surface area (TPSA) is 27.6 Å². The van der Waals surface area contributed by atoms with Gasteiger partial charge in [-0.2, -0.15) is 0 Å². The molecule has 0 aromatic heterocycles. The van der Waals surface area contributed by atoms with Crippen molar-refractivity contribution in [2.75, 3.05) is 24.7 Å². The first-order chi connectivity index (χ1) is 7.84. The van der Waals surface area contributed by atoms with Crippen LogP contribution >= 0.6 is 11.6 Å². The number of benzene rings is 1. The first-order valence-electron chi connectivity index (χ1n) is 5.61. The monoisotopic (exact) mass is 235 g/mol. The molecule has 1 fully saturated rings. The second-order valence-corrected chi connectivity index (χ2v) is 4.71. The molecule has 2 aliphatic rings. The number of hydrogen-bond donors (Lipinski definition) is 1. The Morgan fingerprint density at radius 2 is 2.38 bits per heavy atom. The maximum Gasteiger partial charge on any atom is 0.110 e. The summed E-state index contributed by atoms with van der Waals surface area (Å²) in [5.41, 5.74) is 2.39. The Labute approximate surface area is 100 Å². The Morgan fingerprint density at radius 1 is 1.44 bits per heavy atom. The van der Waals surface area contributed by atoms with Crippen LogP contribution in [-0.2, 0) is 0 Å². The molecular weight excluding hydrogens is 222 g/mol. The number of hydrogen-bond acceptors (Lipinski definition) is 3. The molecule has 0 spiro atoms. The van der Waals surface area contributed by atoms with Crippen LogP contribution in [0.1, 0.15) is 12.0 Å². The first-order valence-corrected chi connectivity index (χ1v) is 5.99. The zero-order valence-electron chi connectivity index (χ0n) is 8.99. The van der Waals surface area contributed by atoms with Crippen LogP contribution < -0.4 is 10.2 Å². The van der Waals surface area contributed by atoms with Gasteiger partial charge < -0.3 is 10.2 Å². The summed E-state index contributed by atoms with van der Waals surface area (Å²) in [7, 11) is 0. The fourth-order valence-corrected chi connectivity index (χ4v) is 2.59. The fourth-order valence-electron chi connectivity index (χ4n) is 2.41. The molecule has 0 radical (unpaired) electrons. The van der Waals surface area contributed by atoms with E-state index in [1.54, 1.807) is 0 Å². The average Bonchev–Trinajstić information content (AvgIpc) is 2.81. The highest BCUT2D eigenvalue weighted by Gasteiger charge is 2.25. The van der Waals surface area contributed by atoms with Crippen molar-refractivity contribution in [3.05, 3.63) is 28.8 Å². The lowest BCUT2D eigenvalue weighted by Gasteiger charge is -2.32. The van der Waals surface area contributed by atoms with Gasteiger partial charge in [0.2, 0.25) is 0 Å². The van der Waals surface area contributed by atoms with E-state index in [0.29, 0.717) is 6.04 Å². The first kappa shape index (κ1) is 10.1. The summed E-state index contributed by atoms with van der Waals surface area (Å²) in [6.07, 6.45) is 3.11. The van der Waals surface area contributed by atoms with E-state index < -0.39 is 0 Å². The Morgan fingerprint density at radius 3 is 3.19 bits per heavy atom. The molecule has 16 heavy (non-hydrogen) atoms. The Kier molecular flexibility index (Phi) is 2.58. The highest BCUT2D eigenvalue weighted by Crippen LogP contribution is 2.28. The van der Waals surface area contributed by atoms with E-state index in [1.807, 2.05) is 18.3 Å². The third-order valence-electron chi connectivity index (χ3n) is 3.24. The van der Waals surface area contributed by atoms with Crippen LogP contribution in [0.3, 0.4) is 0 Å². The molecule has 0 saturated carbocycles. The molecule has 0 amide bonds. The maximum absolute atomic E-state index is 5.99. The Bertz CT molecular complexity index is 424. The predicted molar refractivity (Wildman–Crippen MR) is 67.7 cm³/mol. The Hall–Kier alpha value is -1.06. The van der Waals surface area contributed by atoms with Crippen LogP contribution in [-0.4, -0.2) is 32.0 Å². The number of fused-ring (bicyclic) bond motifs is 1. The second-order valence-electron chi connectivity index (χ2n) is 4.27. The zero-order chi connectivity index (χ0) is 11.0. The zero-order valence-corrected chi connectivity index (χ0v) is 9.74. The highest BCUT2D eigenvalue weighted by molar-refractivity contribution is 6.31. The lowest BCUT2D eigenvalue weighted by atomic mass is 10.1. The third kappa shape index (κ3) is 1.70. The molecule has 3 rings (SSSR count). The van der Waals surface area contributed by atoms with Gasteiger partial charge in [-0.3, -0.25) is 4.99 Å². The molecule has 1 aromatic rings. The van der Waals surface area contributed by atoms with Crippen LogP contribution in [0, 0.1) is 0 Å². The summed E-state index contributed by atoms with van der Waals surface area (Å²) in [5, 5.41) is 4.17. The maximum atomic E-state index is 5.99. The van der Waals surface area contributed by atoms with Gasteiger partial charge in [-0.25, -0.2) is 0 Å².